The van der Waals surface area contributed by atoms with E-state index in [9.17, 15) is 45.6 Å². The summed E-state index contributed by atoms with van der Waals surface area (Å²) in [6.45, 7) is 12.4. The Morgan fingerprint density at radius 3 is 1.36 bits per heavy atom. The van der Waals surface area contributed by atoms with Gasteiger partial charge in [-0.3, -0.25) is 14.5 Å². The molecule has 83 heavy (non-hydrogen) atoms. The van der Waals surface area contributed by atoms with Gasteiger partial charge in [-0.05, 0) is 163 Å². The van der Waals surface area contributed by atoms with Crippen molar-refractivity contribution in [2.24, 2.45) is 0 Å². The van der Waals surface area contributed by atoms with E-state index in [1.54, 1.807) is 62.4 Å². The molecule has 0 bridgehead atoms. The average Bonchev–Trinajstić information content (AvgIpc) is 4.43. The molecule has 2 fully saturated rings. The Labute approximate surface area is 481 Å². The first-order valence-corrected chi connectivity index (χ1v) is 30.8. The standard InChI is InChI=1S/C27H29FN6O6S2.C27H29FN6O5S2/c1-17-3-8-24(41-17)42(38,39)32-26(36)30-19-5-7-23(21(28)15-19)34-25(35)20-6-4-18(16-22(20)31-27(34)37)29-9-2-10-33-11-13-40-14-12-33;1-17-5-10-24(40-17)41(38,39)32-26(36)30-19-7-9-23(21(28)15-19)34-25(35)20-8-6-18(16-22(20)31-27(34)37)29-11-4-14-33-12-2-3-13-33/h3-8,15-16,29H,2,9-14H2,1H3,(H,31,37)(H2,30,32,36);5-10,15-16,29H,2-4,11-14H2,1H3,(H,31,37)(H2,30,32,36). The highest BCUT2D eigenvalue weighted by Gasteiger charge is 2.23. The van der Waals surface area contributed by atoms with Crippen LogP contribution < -0.4 is 53.2 Å². The third-order valence-electron chi connectivity index (χ3n) is 13.4. The van der Waals surface area contributed by atoms with Crippen molar-refractivity contribution in [3.63, 3.8) is 0 Å². The van der Waals surface area contributed by atoms with Crippen LogP contribution in [-0.4, -0.2) is 123 Å². The number of ether oxygens (including phenoxy) is 1. The molecule has 4 aromatic carbocycles. The van der Waals surface area contributed by atoms with Crippen LogP contribution in [0.2, 0.25) is 0 Å². The fourth-order valence-corrected chi connectivity index (χ4v) is 13.7. The SMILES string of the molecule is Cc1ccc(S(=O)(=O)NC(=O)Nc2ccc(-n3c(=O)[nH]c4cc(NCCCN5CCCC5)ccc4c3=O)c(F)c2)s1.Cc1ccc(S(=O)(=O)NC(=O)Nc2ccc(-n3c(=O)[nH]c4cc(NCCCN5CCOCC5)ccc4c3=O)c(F)c2)s1. The first-order chi connectivity index (χ1) is 39.7. The Morgan fingerprint density at radius 1 is 0.554 bits per heavy atom. The maximum absolute atomic E-state index is 15.1. The fraction of sp³-hybridized carbons (Fsp3) is 0.296. The number of fused-ring (bicyclic) bond motifs is 2. The van der Waals surface area contributed by atoms with Crippen LogP contribution in [0.3, 0.4) is 0 Å². The number of carbonyl (C=O) groups is 2. The Balaban J connectivity index is 0.000000200. The van der Waals surface area contributed by atoms with Crippen molar-refractivity contribution in [1.29, 1.82) is 0 Å². The summed E-state index contributed by atoms with van der Waals surface area (Å²) in [7, 11) is -8.21. The van der Waals surface area contributed by atoms with E-state index in [0.717, 1.165) is 140 Å². The molecule has 2 aliphatic heterocycles. The van der Waals surface area contributed by atoms with Gasteiger partial charge in [0.25, 0.3) is 31.2 Å². The number of hydrogen-bond acceptors (Lipinski definition) is 17. The molecular formula is C54H58F2N12O11S4. The van der Waals surface area contributed by atoms with Crippen molar-refractivity contribution in [3.8, 4) is 11.4 Å². The lowest BCUT2D eigenvalue weighted by Crippen LogP contribution is -2.37. The van der Waals surface area contributed by atoms with Gasteiger partial charge < -0.3 is 40.9 Å². The topological polar surface area (TPSA) is 300 Å². The number of halogens is 2. The molecule has 0 aliphatic carbocycles. The Morgan fingerprint density at radius 2 is 0.964 bits per heavy atom. The van der Waals surface area contributed by atoms with Crippen molar-refractivity contribution in [2.75, 3.05) is 86.8 Å². The number of H-pyrrole nitrogens is 2. The highest BCUT2D eigenvalue weighted by Crippen LogP contribution is 2.24. The van der Waals surface area contributed by atoms with E-state index in [4.69, 9.17) is 4.74 Å². The number of benzene rings is 4. The number of nitrogens with zero attached hydrogens (tertiary/aromatic N) is 4. The molecule has 0 unspecified atom stereocenters. The third-order valence-corrected chi connectivity index (χ3v) is 19.0. The van der Waals surface area contributed by atoms with E-state index in [1.165, 1.54) is 37.1 Å². The molecule has 29 heteroatoms. The molecule has 0 radical (unpaired) electrons. The summed E-state index contributed by atoms with van der Waals surface area (Å²) < 4.78 is 90.0. The maximum atomic E-state index is 15.1. The Hall–Kier alpha value is -8.06. The molecule has 0 spiro atoms. The van der Waals surface area contributed by atoms with Crippen molar-refractivity contribution in [3.05, 3.63) is 160 Å². The first-order valence-electron chi connectivity index (χ1n) is 26.2. The number of carbonyl (C=O) groups excluding carboxylic acids is 2. The number of aromatic nitrogens is 4. The molecule has 4 amide bonds. The van der Waals surface area contributed by atoms with E-state index in [-0.39, 0.29) is 41.9 Å². The smallest absolute Gasteiger partial charge is 0.333 e. The minimum atomic E-state index is -4.11. The van der Waals surface area contributed by atoms with Gasteiger partial charge in [0.2, 0.25) is 0 Å². The molecule has 0 saturated carbocycles. The number of aromatic amines is 2. The number of likely N-dealkylation sites (tertiary alicyclic amines) is 1. The quantitative estimate of drug-likeness (QED) is 0.0430. The van der Waals surface area contributed by atoms with Gasteiger partial charge in [0, 0.05) is 58.7 Å². The lowest BCUT2D eigenvalue weighted by Gasteiger charge is -2.26. The predicted octanol–water partition coefficient (Wildman–Crippen LogP) is 6.43. The van der Waals surface area contributed by atoms with Crippen LogP contribution in [0, 0.1) is 25.5 Å². The second kappa shape index (κ2) is 26.0. The first kappa shape index (κ1) is 59.6. The summed E-state index contributed by atoms with van der Waals surface area (Å²) >= 11 is 1.99. The molecule has 23 nitrogen and oxygen atoms in total. The molecular weight excluding hydrogens is 1160 g/mol. The zero-order valence-corrected chi connectivity index (χ0v) is 48.1. The van der Waals surface area contributed by atoms with E-state index in [2.05, 4.69) is 41.0 Å². The molecule has 4 aromatic heterocycles. The third kappa shape index (κ3) is 14.8. The number of rotatable bonds is 18. The van der Waals surface area contributed by atoms with E-state index < -0.39 is 66.2 Å². The lowest BCUT2D eigenvalue weighted by atomic mass is 10.2. The summed E-state index contributed by atoms with van der Waals surface area (Å²) in [6.07, 6.45) is 4.36. The van der Waals surface area contributed by atoms with Crippen molar-refractivity contribution in [1.82, 2.24) is 38.3 Å². The van der Waals surface area contributed by atoms with Gasteiger partial charge >= 0.3 is 23.4 Å². The zero-order valence-electron chi connectivity index (χ0n) is 44.8. The molecule has 2 saturated heterocycles. The summed E-state index contributed by atoms with van der Waals surface area (Å²) in [5.41, 5.74) is -1.81. The number of thiophene rings is 2. The number of morpholine rings is 1. The number of sulfonamides is 2. The number of hydrogen-bond donors (Lipinski definition) is 8. The van der Waals surface area contributed by atoms with Crippen LogP contribution >= 0.6 is 22.7 Å². The monoisotopic (exact) mass is 1220 g/mol. The molecule has 8 aromatic rings. The second-order valence-electron chi connectivity index (χ2n) is 19.4. The van der Waals surface area contributed by atoms with Crippen LogP contribution in [0.1, 0.15) is 35.4 Å². The second-order valence-corrected chi connectivity index (χ2v) is 25.8. The van der Waals surface area contributed by atoms with Gasteiger partial charge in [-0.2, -0.15) is 0 Å². The van der Waals surface area contributed by atoms with Crippen LogP contribution in [0.25, 0.3) is 33.2 Å². The lowest BCUT2D eigenvalue weighted by molar-refractivity contribution is 0.0378. The highest BCUT2D eigenvalue weighted by molar-refractivity contribution is 7.92. The molecule has 0 atom stereocenters. The summed E-state index contributed by atoms with van der Waals surface area (Å²) in [5, 5.41) is 11.5. The molecule has 2 aliphatic rings. The summed E-state index contributed by atoms with van der Waals surface area (Å²) in [6, 6.07) is 20.2. The molecule has 438 valence electrons. The van der Waals surface area contributed by atoms with Crippen LogP contribution in [-0.2, 0) is 24.8 Å². The van der Waals surface area contributed by atoms with Gasteiger partial charge in [-0.15, -0.1) is 22.7 Å². The maximum Gasteiger partial charge on any atom is 0.333 e. The Kier molecular flexibility index (Phi) is 18.7. The van der Waals surface area contributed by atoms with Crippen LogP contribution in [0.15, 0.2) is 125 Å². The minimum Gasteiger partial charge on any atom is -0.385 e. The van der Waals surface area contributed by atoms with Gasteiger partial charge in [0.05, 0.1) is 46.4 Å². The van der Waals surface area contributed by atoms with Crippen molar-refractivity contribution in [2.45, 2.75) is 47.9 Å². The predicted molar refractivity (Wildman–Crippen MR) is 316 cm³/mol. The highest BCUT2D eigenvalue weighted by atomic mass is 32.3. The number of nitrogens with one attached hydrogen (secondary N) is 8. The molecule has 6 heterocycles. The number of amides is 4. The number of urea groups is 2. The van der Waals surface area contributed by atoms with E-state index in [1.807, 2.05) is 9.44 Å². The van der Waals surface area contributed by atoms with E-state index in [0.29, 0.717) is 26.7 Å². The molecule has 8 N–H and O–H groups in total. The van der Waals surface area contributed by atoms with Gasteiger partial charge in [-0.25, -0.2) is 63.4 Å². The van der Waals surface area contributed by atoms with Crippen LogP contribution in [0.5, 0.6) is 0 Å². The summed E-state index contributed by atoms with van der Waals surface area (Å²) in [5.74, 6) is -1.95. The van der Waals surface area contributed by atoms with Gasteiger partial charge in [-0.1, -0.05) is 0 Å². The number of aryl methyl sites for hydroxylation is 2. The normalized spacial score (nSPS) is 14.0. The molecule has 10 rings (SSSR count). The largest absolute Gasteiger partial charge is 0.385 e. The van der Waals surface area contributed by atoms with Crippen molar-refractivity contribution >= 4 is 99.3 Å². The van der Waals surface area contributed by atoms with Gasteiger partial charge in [0.1, 0.15) is 20.1 Å². The average molecular weight is 1220 g/mol. The zero-order chi connectivity index (χ0) is 59.0. The Bertz CT molecular complexity index is 4210. The van der Waals surface area contributed by atoms with E-state index >= 15 is 8.78 Å². The van der Waals surface area contributed by atoms with Gasteiger partial charge in [0.15, 0.2) is 0 Å². The minimum absolute atomic E-state index is 0.0398. The number of anilines is 4. The fourth-order valence-electron chi connectivity index (χ4n) is 9.30. The van der Waals surface area contributed by atoms with Crippen LogP contribution in [0.4, 0.5) is 41.1 Å². The summed E-state index contributed by atoms with van der Waals surface area (Å²) in [4.78, 5) is 88.2. The van der Waals surface area contributed by atoms with Crippen molar-refractivity contribution < 1.29 is 39.9 Å².